The van der Waals surface area contributed by atoms with Crippen LogP contribution in [0, 0.1) is 0 Å². The quantitative estimate of drug-likeness (QED) is 0.150. The molecule has 0 heterocycles. The van der Waals surface area contributed by atoms with E-state index in [1.54, 1.807) is 0 Å². The van der Waals surface area contributed by atoms with Crippen LogP contribution in [0.2, 0.25) is 0 Å². The van der Waals surface area contributed by atoms with Gasteiger partial charge < -0.3 is 35.4 Å². The topological polar surface area (TPSA) is 189 Å². The predicted molar refractivity (Wildman–Crippen MR) is 75.5 cm³/mol. The van der Waals surface area contributed by atoms with Crippen molar-refractivity contribution in [2.45, 2.75) is 11.1 Å². The van der Waals surface area contributed by atoms with Crippen molar-refractivity contribution in [2.24, 2.45) is 0 Å². The average molecular weight is 340 g/mol. The number of aliphatic hydroxyl groups is 5. The molecular formula is C12H24N2O9. The summed E-state index contributed by atoms with van der Waals surface area (Å²) in [5.41, 5.74) is -2.97. The van der Waals surface area contributed by atoms with Gasteiger partial charge >= 0.3 is 11.9 Å². The smallest absolute Gasteiger partial charge is 0.320 e. The highest BCUT2D eigenvalue weighted by Crippen LogP contribution is 2.05. The van der Waals surface area contributed by atoms with Gasteiger partial charge in [-0.15, -0.1) is 0 Å². The molecule has 136 valence electrons. The van der Waals surface area contributed by atoms with E-state index in [9.17, 15) is 19.8 Å². The fraction of sp³-hybridized carbons (Fsp3) is 0.833. The lowest BCUT2D eigenvalue weighted by molar-refractivity contribution is -0.147. The molecule has 0 aliphatic heterocycles. The number of rotatable bonds is 13. The van der Waals surface area contributed by atoms with Gasteiger partial charge in [0.25, 0.3) is 0 Å². The second kappa shape index (κ2) is 10.4. The standard InChI is InChI=1S/C12H24N2O9/c15-3-11(4-16,5-17)14-2-10(22)23-8-12(6-18,7-19)13-1-9(20)21/h13-19H,1-8H2,(H,20,21). The molecule has 0 saturated heterocycles. The fourth-order valence-electron chi connectivity index (χ4n) is 1.41. The van der Waals surface area contributed by atoms with Gasteiger partial charge in [-0.3, -0.25) is 20.2 Å². The number of carboxylic acid groups (broad SMARTS) is 1. The van der Waals surface area contributed by atoms with Gasteiger partial charge in [0.05, 0.1) is 57.2 Å². The highest BCUT2D eigenvalue weighted by molar-refractivity contribution is 5.72. The number of ether oxygens (including phenoxy) is 1. The van der Waals surface area contributed by atoms with Crippen molar-refractivity contribution >= 4 is 11.9 Å². The zero-order chi connectivity index (χ0) is 17.9. The molecule has 0 aromatic rings. The Hall–Kier alpha value is -1.34. The number of nitrogens with one attached hydrogen (secondary N) is 2. The molecule has 0 aromatic carbocycles. The van der Waals surface area contributed by atoms with E-state index in [2.05, 4.69) is 10.6 Å². The Labute approximate surface area is 132 Å². The molecule has 0 fully saturated rings. The second-order valence-electron chi connectivity index (χ2n) is 5.11. The van der Waals surface area contributed by atoms with E-state index in [-0.39, 0.29) is 0 Å². The number of aliphatic carboxylic acids is 1. The van der Waals surface area contributed by atoms with Gasteiger partial charge in [0, 0.05) is 0 Å². The minimum atomic E-state index is -1.52. The fourth-order valence-corrected chi connectivity index (χ4v) is 1.41. The summed E-state index contributed by atoms with van der Waals surface area (Å²) in [7, 11) is 0. The third kappa shape index (κ3) is 7.18. The maximum atomic E-state index is 11.6. The summed E-state index contributed by atoms with van der Waals surface area (Å²) in [6, 6.07) is 0. The second-order valence-corrected chi connectivity index (χ2v) is 5.11. The molecule has 8 N–H and O–H groups in total. The maximum absolute atomic E-state index is 11.6. The van der Waals surface area contributed by atoms with Crippen LogP contribution in [0.3, 0.4) is 0 Å². The van der Waals surface area contributed by atoms with Crippen molar-refractivity contribution in [1.82, 2.24) is 10.6 Å². The van der Waals surface area contributed by atoms with Crippen LogP contribution in [-0.4, -0.2) is 106 Å². The number of carbonyl (C=O) groups excluding carboxylic acids is 1. The van der Waals surface area contributed by atoms with Crippen LogP contribution in [0.25, 0.3) is 0 Å². The van der Waals surface area contributed by atoms with Crippen LogP contribution in [0.5, 0.6) is 0 Å². The first-order valence-electron chi connectivity index (χ1n) is 6.74. The van der Waals surface area contributed by atoms with E-state index < -0.39 is 75.7 Å². The molecule has 0 saturated carbocycles. The third-order valence-corrected chi connectivity index (χ3v) is 3.25. The Morgan fingerprint density at radius 1 is 0.783 bits per heavy atom. The van der Waals surface area contributed by atoms with E-state index in [4.69, 9.17) is 25.2 Å². The first kappa shape index (κ1) is 21.7. The average Bonchev–Trinajstić information content (AvgIpc) is 2.57. The molecule has 0 unspecified atom stereocenters. The number of aliphatic hydroxyl groups excluding tert-OH is 5. The van der Waals surface area contributed by atoms with E-state index >= 15 is 0 Å². The van der Waals surface area contributed by atoms with Gasteiger partial charge in [0.2, 0.25) is 0 Å². The lowest BCUT2D eigenvalue weighted by Gasteiger charge is -2.31. The zero-order valence-corrected chi connectivity index (χ0v) is 12.6. The Morgan fingerprint density at radius 2 is 1.22 bits per heavy atom. The molecule has 11 heteroatoms. The number of hydrogen-bond donors (Lipinski definition) is 8. The minimum absolute atomic E-state index is 0.465. The van der Waals surface area contributed by atoms with Gasteiger partial charge in [0.1, 0.15) is 6.61 Å². The lowest BCUT2D eigenvalue weighted by Crippen LogP contribution is -2.58. The predicted octanol–water partition coefficient (Wildman–Crippen LogP) is -4.77. The lowest BCUT2D eigenvalue weighted by atomic mass is 10.0. The monoisotopic (exact) mass is 340 g/mol. The van der Waals surface area contributed by atoms with Crippen molar-refractivity contribution in [3.8, 4) is 0 Å². The van der Waals surface area contributed by atoms with Gasteiger partial charge in [-0.2, -0.15) is 0 Å². The van der Waals surface area contributed by atoms with Crippen LogP contribution in [0.4, 0.5) is 0 Å². The van der Waals surface area contributed by atoms with Crippen LogP contribution in [-0.2, 0) is 14.3 Å². The molecule has 0 spiro atoms. The number of esters is 1. The summed E-state index contributed by atoms with van der Waals surface area (Å²) in [5, 5.41) is 59.2. The largest absolute Gasteiger partial charge is 0.480 e. The summed E-state index contributed by atoms with van der Waals surface area (Å²) >= 11 is 0. The van der Waals surface area contributed by atoms with E-state index in [1.165, 1.54) is 0 Å². The summed E-state index contributed by atoms with van der Waals surface area (Å²) in [4.78, 5) is 22.1. The van der Waals surface area contributed by atoms with Gasteiger partial charge in [-0.1, -0.05) is 0 Å². The Balaban J connectivity index is 4.50. The van der Waals surface area contributed by atoms with Crippen LogP contribution in [0.1, 0.15) is 0 Å². The van der Waals surface area contributed by atoms with Crippen molar-refractivity contribution < 1.29 is 45.0 Å². The van der Waals surface area contributed by atoms with E-state index in [0.29, 0.717) is 0 Å². The van der Waals surface area contributed by atoms with Gasteiger partial charge in [-0.25, -0.2) is 0 Å². The van der Waals surface area contributed by atoms with Crippen molar-refractivity contribution in [1.29, 1.82) is 0 Å². The highest BCUT2D eigenvalue weighted by Gasteiger charge is 2.32. The molecule has 11 nitrogen and oxygen atoms in total. The molecule has 0 rings (SSSR count). The first-order valence-corrected chi connectivity index (χ1v) is 6.74. The number of carbonyl (C=O) groups is 2. The van der Waals surface area contributed by atoms with Gasteiger partial charge in [-0.05, 0) is 0 Å². The van der Waals surface area contributed by atoms with Crippen molar-refractivity contribution in [3.63, 3.8) is 0 Å². The van der Waals surface area contributed by atoms with Crippen molar-refractivity contribution in [3.05, 3.63) is 0 Å². The van der Waals surface area contributed by atoms with Crippen LogP contribution in [0.15, 0.2) is 0 Å². The summed E-state index contributed by atoms with van der Waals surface area (Å²) in [6.07, 6.45) is 0. The van der Waals surface area contributed by atoms with Gasteiger partial charge in [0.15, 0.2) is 0 Å². The molecule has 0 aromatic heterocycles. The number of hydrogen-bond acceptors (Lipinski definition) is 10. The number of carboxylic acids is 1. The molecule has 23 heavy (non-hydrogen) atoms. The Bertz CT molecular complexity index is 361. The van der Waals surface area contributed by atoms with Crippen LogP contribution >= 0.6 is 0 Å². The summed E-state index contributed by atoms with van der Waals surface area (Å²) in [5.74, 6) is -2.07. The Morgan fingerprint density at radius 3 is 1.61 bits per heavy atom. The molecule has 0 amide bonds. The Kier molecular flexibility index (Phi) is 9.83. The molecule has 0 bridgehead atoms. The molecular weight excluding hydrogens is 316 g/mol. The minimum Gasteiger partial charge on any atom is -0.480 e. The molecule has 0 aliphatic carbocycles. The summed E-state index contributed by atoms with van der Waals surface area (Å²) < 4.78 is 4.83. The van der Waals surface area contributed by atoms with E-state index in [1.807, 2.05) is 0 Å². The molecule has 0 atom stereocenters. The van der Waals surface area contributed by atoms with Crippen LogP contribution < -0.4 is 10.6 Å². The maximum Gasteiger partial charge on any atom is 0.320 e. The summed E-state index contributed by atoms with van der Waals surface area (Å²) in [6.45, 7) is -4.73. The zero-order valence-electron chi connectivity index (χ0n) is 12.6. The highest BCUT2D eigenvalue weighted by atomic mass is 16.5. The normalized spacial score (nSPS) is 12.2. The van der Waals surface area contributed by atoms with E-state index in [0.717, 1.165) is 0 Å². The van der Waals surface area contributed by atoms with Crippen molar-refractivity contribution in [2.75, 3.05) is 52.7 Å². The SMILES string of the molecule is O=C(O)CNC(CO)(CO)COC(=O)CNC(CO)(CO)CO. The first-order chi connectivity index (χ1) is 10.8. The molecule has 0 aliphatic rings. The third-order valence-electron chi connectivity index (χ3n) is 3.25. The molecule has 0 radical (unpaired) electrons.